The van der Waals surface area contributed by atoms with E-state index >= 15 is 0 Å². The van der Waals surface area contributed by atoms with Crippen LogP contribution in [0, 0.1) is 5.41 Å². The minimum atomic E-state index is 0.640. The van der Waals surface area contributed by atoms with Crippen LogP contribution < -0.4 is 5.32 Å². The van der Waals surface area contributed by atoms with Crippen molar-refractivity contribution >= 4 is 0 Å². The van der Waals surface area contributed by atoms with Gasteiger partial charge in [-0.1, -0.05) is 50.6 Å². The van der Waals surface area contributed by atoms with Crippen LogP contribution >= 0.6 is 0 Å². The Kier molecular flexibility index (Phi) is 4.82. The standard InChI is InChI=1S/C17H27N/c1-3-10-17(11-12-17)14-18-16(4-2)13-15-8-6-5-7-9-15/h5-9,16,18H,3-4,10-14H2,1-2H3. The second-order valence-electron chi connectivity index (χ2n) is 5.93. The fourth-order valence-corrected chi connectivity index (χ4v) is 2.84. The molecule has 1 aromatic rings. The highest BCUT2D eigenvalue weighted by molar-refractivity contribution is 5.15. The van der Waals surface area contributed by atoms with Crippen molar-refractivity contribution in [2.45, 2.75) is 58.4 Å². The summed E-state index contributed by atoms with van der Waals surface area (Å²) in [6.45, 7) is 5.83. The van der Waals surface area contributed by atoms with Crippen molar-refractivity contribution in [2.24, 2.45) is 5.41 Å². The van der Waals surface area contributed by atoms with Crippen molar-refractivity contribution in [3.8, 4) is 0 Å². The monoisotopic (exact) mass is 245 g/mol. The Balaban J connectivity index is 1.79. The first-order valence-electron chi connectivity index (χ1n) is 7.55. The topological polar surface area (TPSA) is 12.0 Å². The molecule has 100 valence electrons. The summed E-state index contributed by atoms with van der Waals surface area (Å²) in [6.07, 6.45) is 8.00. The zero-order valence-electron chi connectivity index (χ0n) is 11.9. The van der Waals surface area contributed by atoms with Crippen molar-refractivity contribution < 1.29 is 0 Å². The molecular weight excluding hydrogens is 218 g/mol. The van der Waals surface area contributed by atoms with Gasteiger partial charge < -0.3 is 5.32 Å². The molecule has 0 aromatic heterocycles. The van der Waals surface area contributed by atoms with Gasteiger partial charge in [-0.15, -0.1) is 0 Å². The Labute approximate surface area is 112 Å². The molecule has 1 aliphatic rings. The summed E-state index contributed by atoms with van der Waals surface area (Å²) in [6, 6.07) is 11.5. The zero-order chi connectivity index (χ0) is 12.8. The second kappa shape index (κ2) is 6.38. The Morgan fingerprint density at radius 3 is 2.44 bits per heavy atom. The first-order chi connectivity index (χ1) is 8.78. The molecule has 0 heterocycles. The van der Waals surface area contributed by atoms with Crippen LogP contribution in [0.25, 0.3) is 0 Å². The Morgan fingerprint density at radius 2 is 1.89 bits per heavy atom. The van der Waals surface area contributed by atoms with Gasteiger partial charge in [-0.3, -0.25) is 0 Å². The molecule has 0 radical (unpaired) electrons. The summed E-state index contributed by atoms with van der Waals surface area (Å²) in [5, 5.41) is 3.81. The summed E-state index contributed by atoms with van der Waals surface area (Å²) in [7, 11) is 0. The lowest BCUT2D eigenvalue weighted by atomic mass is 9.98. The third-order valence-corrected chi connectivity index (χ3v) is 4.32. The summed E-state index contributed by atoms with van der Waals surface area (Å²) in [5.41, 5.74) is 2.12. The molecule has 1 fully saturated rings. The zero-order valence-corrected chi connectivity index (χ0v) is 11.9. The lowest BCUT2D eigenvalue weighted by Crippen LogP contribution is -2.35. The molecular formula is C17H27N. The molecule has 1 nitrogen and oxygen atoms in total. The maximum atomic E-state index is 3.81. The molecule has 1 aromatic carbocycles. The molecule has 1 N–H and O–H groups in total. The molecule has 0 bridgehead atoms. The number of hydrogen-bond acceptors (Lipinski definition) is 1. The predicted molar refractivity (Wildman–Crippen MR) is 78.8 cm³/mol. The summed E-state index contributed by atoms with van der Waals surface area (Å²) >= 11 is 0. The lowest BCUT2D eigenvalue weighted by Gasteiger charge is -2.21. The van der Waals surface area contributed by atoms with E-state index in [-0.39, 0.29) is 0 Å². The maximum Gasteiger partial charge on any atom is 0.0105 e. The first kappa shape index (κ1) is 13.6. The van der Waals surface area contributed by atoms with E-state index in [1.54, 1.807) is 0 Å². The molecule has 0 aliphatic heterocycles. The summed E-state index contributed by atoms with van der Waals surface area (Å²) in [5.74, 6) is 0. The highest BCUT2D eigenvalue weighted by Crippen LogP contribution is 2.49. The number of nitrogens with one attached hydrogen (secondary N) is 1. The number of rotatable bonds is 8. The van der Waals surface area contributed by atoms with Gasteiger partial charge in [0.25, 0.3) is 0 Å². The molecule has 18 heavy (non-hydrogen) atoms. The van der Waals surface area contributed by atoms with Crippen LogP contribution in [0.15, 0.2) is 30.3 Å². The quantitative estimate of drug-likeness (QED) is 0.724. The largest absolute Gasteiger partial charge is 0.313 e. The van der Waals surface area contributed by atoms with E-state index in [9.17, 15) is 0 Å². The fourth-order valence-electron chi connectivity index (χ4n) is 2.84. The Bertz CT molecular complexity index is 340. The van der Waals surface area contributed by atoms with Crippen molar-refractivity contribution in [3.63, 3.8) is 0 Å². The fraction of sp³-hybridized carbons (Fsp3) is 0.647. The van der Waals surface area contributed by atoms with E-state index in [0.29, 0.717) is 11.5 Å². The van der Waals surface area contributed by atoms with Crippen LogP contribution in [-0.4, -0.2) is 12.6 Å². The van der Waals surface area contributed by atoms with Gasteiger partial charge in [-0.2, -0.15) is 0 Å². The van der Waals surface area contributed by atoms with Crippen molar-refractivity contribution in [1.82, 2.24) is 5.32 Å². The van der Waals surface area contributed by atoms with Crippen LogP contribution in [0.2, 0.25) is 0 Å². The highest BCUT2D eigenvalue weighted by atomic mass is 14.9. The van der Waals surface area contributed by atoms with Gasteiger partial charge in [0, 0.05) is 12.6 Å². The summed E-state index contributed by atoms with van der Waals surface area (Å²) < 4.78 is 0. The van der Waals surface area contributed by atoms with Crippen LogP contribution in [-0.2, 0) is 6.42 Å². The molecule has 1 atom stereocenters. The highest BCUT2D eigenvalue weighted by Gasteiger charge is 2.41. The first-order valence-corrected chi connectivity index (χ1v) is 7.55. The SMILES string of the molecule is CCCC1(CNC(CC)Cc2ccccc2)CC1. The average molecular weight is 245 g/mol. The Morgan fingerprint density at radius 1 is 1.17 bits per heavy atom. The van der Waals surface area contributed by atoms with Gasteiger partial charge in [0.1, 0.15) is 0 Å². The van der Waals surface area contributed by atoms with E-state index in [1.165, 1.54) is 50.6 Å². The van der Waals surface area contributed by atoms with E-state index in [4.69, 9.17) is 0 Å². The van der Waals surface area contributed by atoms with Crippen LogP contribution in [0.5, 0.6) is 0 Å². The number of hydrogen-bond donors (Lipinski definition) is 1. The lowest BCUT2D eigenvalue weighted by molar-refractivity contribution is 0.378. The minimum absolute atomic E-state index is 0.640. The third kappa shape index (κ3) is 3.84. The van der Waals surface area contributed by atoms with Crippen molar-refractivity contribution in [1.29, 1.82) is 0 Å². The van der Waals surface area contributed by atoms with Crippen molar-refractivity contribution in [2.75, 3.05) is 6.54 Å². The van der Waals surface area contributed by atoms with E-state index in [2.05, 4.69) is 49.5 Å². The summed E-state index contributed by atoms with van der Waals surface area (Å²) in [4.78, 5) is 0. The smallest absolute Gasteiger partial charge is 0.0105 e. The van der Waals surface area contributed by atoms with E-state index in [1.807, 2.05) is 0 Å². The normalized spacial score (nSPS) is 18.6. The van der Waals surface area contributed by atoms with Gasteiger partial charge in [-0.25, -0.2) is 0 Å². The predicted octanol–water partition coefficient (Wildman–Crippen LogP) is 4.18. The molecule has 0 spiro atoms. The third-order valence-electron chi connectivity index (χ3n) is 4.32. The van der Waals surface area contributed by atoms with E-state index < -0.39 is 0 Å². The van der Waals surface area contributed by atoms with Gasteiger partial charge in [0.15, 0.2) is 0 Å². The molecule has 0 saturated heterocycles. The van der Waals surface area contributed by atoms with Gasteiger partial charge in [0.05, 0.1) is 0 Å². The maximum absolute atomic E-state index is 3.81. The van der Waals surface area contributed by atoms with E-state index in [0.717, 1.165) is 0 Å². The Hall–Kier alpha value is -0.820. The van der Waals surface area contributed by atoms with Gasteiger partial charge in [0.2, 0.25) is 0 Å². The van der Waals surface area contributed by atoms with Crippen LogP contribution in [0.1, 0.15) is 51.5 Å². The second-order valence-corrected chi connectivity index (χ2v) is 5.93. The minimum Gasteiger partial charge on any atom is -0.313 e. The van der Waals surface area contributed by atoms with Crippen LogP contribution in [0.3, 0.4) is 0 Å². The van der Waals surface area contributed by atoms with Gasteiger partial charge in [-0.05, 0) is 43.1 Å². The van der Waals surface area contributed by atoms with Crippen LogP contribution in [0.4, 0.5) is 0 Å². The molecule has 1 unspecified atom stereocenters. The number of benzene rings is 1. The molecule has 2 rings (SSSR count). The molecule has 1 saturated carbocycles. The molecule has 1 heteroatoms. The average Bonchev–Trinajstić information content (AvgIpc) is 3.16. The van der Waals surface area contributed by atoms with Crippen molar-refractivity contribution in [3.05, 3.63) is 35.9 Å². The van der Waals surface area contributed by atoms with Gasteiger partial charge >= 0.3 is 0 Å². The molecule has 1 aliphatic carbocycles. The molecule has 0 amide bonds.